The molecule has 2 N–H and O–H groups in total. The highest BCUT2D eigenvalue weighted by molar-refractivity contribution is 5.53. The Morgan fingerprint density at radius 2 is 2.04 bits per heavy atom. The summed E-state index contributed by atoms with van der Waals surface area (Å²) in [5.74, 6) is -0.779. The van der Waals surface area contributed by atoms with Crippen LogP contribution in [-0.4, -0.2) is 28.0 Å². The van der Waals surface area contributed by atoms with E-state index in [4.69, 9.17) is 0 Å². The van der Waals surface area contributed by atoms with E-state index in [1.54, 1.807) is 4.90 Å². The first-order chi connectivity index (χ1) is 10.9. The summed E-state index contributed by atoms with van der Waals surface area (Å²) in [5.41, 5.74) is -0.592. The van der Waals surface area contributed by atoms with Gasteiger partial charge in [-0.05, 0) is 12.5 Å². The van der Waals surface area contributed by atoms with Crippen LogP contribution in [0.3, 0.4) is 0 Å². The van der Waals surface area contributed by atoms with E-state index >= 15 is 0 Å². The van der Waals surface area contributed by atoms with Crippen LogP contribution in [0, 0.1) is 15.9 Å². The van der Waals surface area contributed by atoms with Crippen LogP contribution in [0.25, 0.3) is 0 Å². The van der Waals surface area contributed by atoms with Crippen molar-refractivity contribution in [2.45, 2.75) is 12.3 Å². The average Bonchev–Trinajstić information content (AvgIpc) is 2.95. The Hall–Kier alpha value is -2.97. The van der Waals surface area contributed by atoms with Gasteiger partial charge in [0, 0.05) is 36.8 Å². The Morgan fingerprint density at radius 3 is 2.70 bits per heavy atom. The number of aromatic amines is 2. The summed E-state index contributed by atoms with van der Waals surface area (Å²) < 4.78 is 14.1. The van der Waals surface area contributed by atoms with Crippen LogP contribution in [-0.2, 0) is 0 Å². The first-order valence-corrected chi connectivity index (χ1v) is 6.96. The van der Waals surface area contributed by atoms with Crippen molar-refractivity contribution in [2.75, 3.05) is 18.0 Å². The van der Waals surface area contributed by atoms with Gasteiger partial charge in [0.25, 0.3) is 11.2 Å². The lowest BCUT2D eigenvalue weighted by Gasteiger charge is -2.19. The van der Waals surface area contributed by atoms with E-state index < -0.39 is 22.0 Å². The Bertz CT molecular complexity index is 847. The molecule has 0 saturated carbocycles. The molecule has 0 amide bonds. The van der Waals surface area contributed by atoms with Gasteiger partial charge in [-0.25, -0.2) is 9.18 Å². The number of anilines is 1. The van der Waals surface area contributed by atoms with E-state index in [2.05, 4.69) is 9.97 Å². The number of halogens is 1. The van der Waals surface area contributed by atoms with Gasteiger partial charge in [0.05, 0.1) is 16.7 Å². The van der Waals surface area contributed by atoms with Gasteiger partial charge in [-0.15, -0.1) is 0 Å². The minimum absolute atomic E-state index is 0.111. The predicted octanol–water partition coefficient (Wildman–Crippen LogP) is 1.10. The van der Waals surface area contributed by atoms with Crippen LogP contribution in [0.4, 0.5) is 15.8 Å². The summed E-state index contributed by atoms with van der Waals surface area (Å²) >= 11 is 0. The molecule has 0 bridgehead atoms. The van der Waals surface area contributed by atoms with Crippen molar-refractivity contribution in [2.24, 2.45) is 0 Å². The molecule has 23 heavy (non-hydrogen) atoms. The maximum Gasteiger partial charge on any atom is 0.325 e. The molecule has 1 aliphatic heterocycles. The number of non-ortho nitro benzene ring substituents is 1. The molecule has 9 heteroatoms. The first-order valence-electron chi connectivity index (χ1n) is 6.96. The van der Waals surface area contributed by atoms with Gasteiger partial charge < -0.3 is 9.88 Å². The third kappa shape index (κ3) is 2.98. The highest BCUT2D eigenvalue weighted by Gasteiger charge is 2.27. The fourth-order valence-corrected chi connectivity index (χ4v) is 2.81. The third-order valence-electron chi connectivity index (χ3n) is 3.89. The Kier molecular flexibility index (Phi) is 3.68. The van der Waals surface area contributed by atoms with Crippen molar-refractivity contribution >= 4 is 11.4 Å². The summed E-state index contributed by atoms with van der Waals surface area (Å²) in [6.45, 7) is 0.933. The van der Waals surface area contributed by atoms with Crippen LogP contribution in [0.1, 0.15) is 18.0 Å². The normalized spacial score (nSPS) is 17.4. The number of aromatic nitrogens is 2. The average molecular weight is 320 g/mol. The van der Waals surface area contributed by atoms with E-state index in [9.17, 15) is 24.1 Å². The monoisotopic (exact) mass is 320 g/mol. The fraction of sp³-hybridized carbons (Fsp3) is 0.286. The van der Waals surface area contributed by atoms with Gasteiger partial charge in [-0.3, -0.25) is 19.9 Å². The zero-order valence-electron chi connectivity index (χ0n) is 11.9. The zero-order valence-corrected chi connectivity index (χ0v) is 11.9. The maximum atomic E-state index is 14.1. The Morgan fingerprint density at radius 1 is 1.26 bits per heavy atom. The van der Waals surface area contributed by atoms with E-state index in [-0.39, 0.29) is 17.3 Å². The molecule has 8 nitrogen and oxygen atoms in total. The molecule has 1 aromatic heterocycles. The minimum atomic E-state index is -0.667. The molecule has 1 saturated heterocycles. The predicted molar refractivity (Wildman–Crippen MR) is 80.3 cm³/mol. The van der Waals surface area contributed by atoms with Gasteiger partial charge >= 0.3 is 5.69 Å². The van der Waals surface area contributed by atoms with Crippen LogP contribution in [0.5, 0.6) is 0 Å². The summed E-state index contributed by atoms with van der Waals surface area (Å²) in [4.78, 5) is 39.1. The molecule has 0 aliphatic carbocycles. The van der Waals surface area contributed by atoms with Crippen molar-refractivity contribution in [1.82, 2.24) is 9.97 Å². The number of hydrogen-bond donors (Lipinski definition) is 2. The maximum absolute atomic E-state index is 14.1. The third-order valence-corrected chi connectivity index (χ3v) is 3.89. The van der Waals surface area contributed by atoms with Crippen LogP contribution in [0.15, 0.2) is 33.9 Å². The molecular formula is C14H13FN4O4. The number of hydrogen-bond acceptors (Lipinski definition) is 5. The number of nitro benzene ring substituents is 1. The summed E-state index contributed by atoms with van der Waals surface area (Å²) in [5, 5.41) is 10.6. The second kappa shape index (κ2) is 5.67. The number of nitro groups is 1. The zero-order chi connectivity index (χ0) is 16.6. The molecule has 1 aliphatic rings. The molecule has 0 radical (unpaired) electrons. The number of benzene rings is 1. The summed E-state index contributed by atoms with van der Waals surface area (Å²) in [6.07, 6.45) is 0.635. The van der Waals surface area contributed by atoms with Gasteiger partial charge in [-0.1, -0.05) is 0 Å². The van der Waals surface area contributed by atoms with Gasteiger partial charge in [0.1, 0.15) is 0 Å². The number of H-pyrrole nitrogens is 2. The van der Waals surface area contributed by atoms with Gasteiger partial charge in [0.2, 0.25) is 0 Å². The molecular weight excluding hydrogens is 307 g/mol. The van der Waals surface area contributed by atoms with Crippen molar-refractivity contribution in [3.05, 3.63) is 66.7 Å². The lowest BCUT2D eigenvalue weighted by atomic mass is 10.1. The lowest BCUT2D eigenvalue weighted by molar-refractivity contribution is -0.385. The highest BCUT2D eigenvalue weighted by Crippen LogP contribution is 2.32. The van der Waals surface area contributed by atoms with Crippen molar-refractivity contribution in [1.29, 1.82) is 0 Å². The van der Waals surface area contributed by atoms with Gasteiger partial charge in [-0.2, -0.15) is 0 Å². The first kappa shape index (κ1) is 14.9. The highest BCUT2D eigenvalue weighted by atomic mass is 19.1. The lowest BCUT2D eigenvalue weighted by Crippen LogP contribution is -2.25. The van der Waals surface area contributed by atoms with E-state index in [1.165, 1.54) is 18.2 Å². The number of nitrogens with one attached hydrogen (secondary N) is 2. The molecule has 1 atom stereocenters. The smallest absolute Gasteiger partial charge is 0.325 e. The Balaban J connectivity index is 1.84. The molecule has 2 aromatic rings. The van der Waals surface area contributed by atoms with Crippen molar-refractivity contribution < 1.29 is 9.31 Å². The molecule has 2 heterocycles. The SMILES string of the molecule is O=c1cc(C2CCN(c3ccc([N+](=O)[O-])cc3F)C2)[nH]c(=O)[nH]1. The summed E-state index contributed by atoms with van der Waals surface area (Å²) in [7, 11) is 0. The Labute approximate surface area is 128 Å². The van der Waals surface area contributed by atoms with Crippen molar-refractivity contribution in [3.8, 4) is 0 Å². The van der Waals surface area contributed by atoms with Crippen molar-refractivity contribution in [3.63, 3.8) is 0 Å². The minimum Gasteiger partial charge on any atom is -0.368 e. The quantitative estimate of drug-likeness (QED) is 0.650. The molecule has 1 aromatic carbocycles. The number of rotatable bonds is 3. The van der Waals surface area contributed by atoms with E-state index in [0.717, 1.165) is 6.07 Å². The fourth-order valence-electron chi connectivity index (χ4n) is 2.81. The summed E-state index contributed by atoms with van der Waals surface area (Å²) in [6, 6.07) is 4.83. The van der Waals surface area contributed by atoms with E-state index in [0.29, 0.717) is 25.2 Å². The second-order valence-electron chi connectivity index (χ2n) is 5.37. The molecule has 1 unspecified atom stereocenters. The molecule has 3 rings (SSSR count). The van der Waals surface area contributed by atoms with Crippen LogP contribution >= 0.6 is 0 Å². The topological polar surface area (TPSA) is 112 Å². The molecule has 0 spiro atoms. The number of nitrogens with zero attached hydrogens (tertiary/aromatic N) is 2. The second-order valence-corrected chi connectivity index (χ2v) is 5.37. The molecule has 120 valence electrons. The van der Waals surface area contributed by atoms with Crippen LogP contribution in [0.2, 0.25) is 0 Å². The van der Waals surface area contributed by atoms with Gasteiger partial charge in [0.15, 0.2) is 5.82 Å². The molecule has 1 fully saturated rings. The largest absolute Gasteiger partial charge is 0.368 e. The van der Waals surface area contributed by atoms with Crippen LogP contribution < -0.4 is 16.1 Å². The van der Waals surface area contributed by atoms with E-state index in [1.807, 2.05) is 0 Å². The standard InChI is InChI=1S/C14H13FN4O4/c15-10-5-9(19(22)23)1-2-12(10)18-4-3-8(7-18)11-6-13(20)17-14(21)16-11/h1-2,5-6,8H,3-4,7H2,(H2,16,17,20,21).